The van der Waals surface area contributed by atoms with Gasteiger partial charge in [-0.3, -0.25) is 24.1 Å². The van der Waals surface area contributed by atoms with Gasteiger partial charge in [0.1, 0.15) is 6.04 Å². The maximum absolute atomic E-state index is 13.2. The molecular formula is C24H32N4O5S. The van der Waals surface area contributed by atoms with Crippen LogP contribution in [0.5, 0.6) is 0 Å². The van der Waals surface area contributed by atoms with Gasteiger partial charge in [0.2, 0.25) is 15.9 Å². The normalized spacial score (nSPS) is 15.5. The molecule has 1 amide bonds. The monoisotopic (exact) mass is 488 g/mol. The summed E-state index contributed by atoms with van der Waals surface area (Å²) in [6.45, 7) is 4.92. The fraction of sp³-hybridized carbons (Fsp3) is 0.458. The van der Waals surface area contributed by atoms with Crippen molar-refractivity contribution in [3.8, 4) is 0 Å². The molecule has 0 saturated carbocycles. The second-order valence-electron chi connectivity index (χ2n) is 8.58. The number of sulfonamides is 1. The molecule has 0 radical (unpaired) electrons. The van der Waals surface area contributed by atoms with Crippen molar-refractivity contribution < 1.29 is 18.1 Å². The quantitative estimate of drug-likeness (QED) is 0.405. The lowest BCUT2D eigenvalue weighted by molar-refractivity contribution is -0.384. The summed E-state index contributed by atoms with van der Waals surface area (Å²) in [6.07, 6.45) is 4.84. The Balaban J connectivity index is 1.78. The lowest BCUT2D eigenvalue weighted by atomic mass is 10.0. The molecule has 1 aliphatic heterocycles. The van der Waals surface area contributed by atoms with Crippen molar-refractivity contribution in [3.63, 3.8) is 0 Å². The van der Waals surface area contributed by atoms with Gasteiger partial charge in [-0.1, -0.05) is 43.7 Å². The first kappa shape index (κ1) is 25.6. The SMILES string of the molecule is CC[C@H](C(=O)NCc1ccccc1CN1CCCCC1)N(c1cccc([N+](=O)[O-])c1)S(C)(=O)=O. The average Bonchev–Trinajstić information content (AvgIpc) is 2.81. The Bertz CT molecular complexity index is 1120. The van der Waals surface area contributed by atoms with Crippen LogP contribution in [0.4, 0.5) is 11.4 Å². The number of nitrogens with one attached hydrogen (secondary N) is 1. The number of piperidine rings is 1. The number of nitrogens with zero attached hydrogens (tertiary/aromatic N) is 3. The van der Waals surface area contributed by atoms with Crippen LogP contribution in [0.15, 0.2) is 48.5 Å². The van der Waals surface area contributed by atoms with Gasteiger partial charge in [-0.2, -0.15) is 0 Å². The summed E-state index contributed by atoms with van der Waals surface area (Å²) in [7, 11) is -3.88. The second kappa shape index (κ2) is 11.4. The van der Waals surface area contributed by atoms with Crippen molar-refractivity contribution in [2.75, 3.05) is 23.7 Å². The third-order valence-corrected chi connectivity index (χ3v) is 7.22. The summed E-state index contributed by atoms with van der Waals surface area (Å²) in [6, 6.07) is 12.2. The van der Waals surface area contributed by atoms with E-state index in [1.807, 2.05) is 18.2 Å². The standard InChI is InChI=1S/C24H32N4O5S/c1-3-23(27(34(2,32)33)21-12-9-13-22(16-21)28(30)31)24(29)25-17-19-10-5-6-11-20(19)18-26-14-7-4-8-15-26/h5-6,9-13,16,23H,3-4,7-8,14-15,17-18H2,1-2H3,(H,25,29)/t23-/m1/s1. The van der Waals surface area contributed by atoms with Crippen molar-refractivity contribution in [1.29, 1.82) is 0 Å². The van der Waals surface area contributed by atoms with Crippen LogP contribution in [-0.2, 0) is 27.9 Å². The van der Waals surface area contributed by atoms with Gasteiger partial charge in [0, 0.05) is 25.2 Å². The molecule has 0 aliphatic carbocycles. The molecule has 0 spiro atoms. The van der Waals surface area contributed by atoms with Gasteiger partial charge in [-0.05, 0) is 49.5 Å². The highest BCUT2D eigenvalue weighted by Crippen LogP contribution is 2.26. The number of benzene rings is 2. The number of hydrogen-bond acceptors (Lipinski definition) is 6. The fourth-order valence-electron chi connectivity index (χ4n) is 4.35. The molecule has 0 aromatic heterocycles. The summed E-state index contributed by atoms with van der Waals surface area (Å²) in [4.78, 5) is 26.2. The minimum atomic E-state index is -3.88. The van der Waals surface area contributed by atoms with Crippen molar-refractivity contribution in [2.45, 2.75) is 51.7 Å². The number of rotatable bonds is 10. The number of likely N-dealkylation sites (tertiary alicyclic amines) is 1. The Hall–Kier alpha value is -2.98. The van der Waals surface area contributed by atoms with E-state index in [4.69, 9.17) is 0 Å². The minimum absolute atomic E-state index is 0.0872. The van der Waals surface area contributed by atoms with E-state index in [0.717, 1.165) is 41.3 Å². The van der Waals surface area contributed by atoms with Gasteiger partial charge in [-0.25, -0.2) is 8.42 Å². The summed E-state index contributed by atoms with van der Waals surface area (Å²) >= 11 is 0. The summed E-state index contributed by atoms with van der Waals surface area (Å²) in [5.41, 5.74) is 1.96. The van der Waals surface area contributed by atoms with Crippen molar-refractivity contribution in [2.24, 2.45) is 0 Å². The predicted molar refractivity (Wildman–Crippen MR) is 132 cm³/mol. The average molecular weight is 489 g/mol. The number of hydrogen-bond donors (Lipinski definition) is 1. The largest absolute Gasteiger partial charge is 0.350 e. The van der Waals surface area contributed by atoms with E-state index < -0.39 is 26.9 Å². The summed E-state index contributed by atoms with van der Waals surface area (Å²) in [5, 5.41) is 14.1. The van der Waals surface area contributed by atoms with Crippen LogP contribution in [0, 0.1) is 10.1 Å². The third kappa shape index (κ3) is 6.54. The van der Waals surface area contributed by atoms with Crippen molar-refractivity contribution in [3.05, 3.63) is 69.8 Å². The van der Waals surface area contributed by atoms with E-state index in [1.165, 1.54) is 43.5 Å². The summed E-state index contributed by atoms with van der Waals surface area (Å²) in [5.74, 6) is -0.452. The number of carbonyl (C=O) groups excluding carboxylic acids is 1. The molecule has 0 bridgehead atoms. The molecule has 1 aliphatic rings. The molecule has 0 unspecified atom stereocenters. The van der Waals surface area contributed by atoms with E-state index in [-0.39, 0.29) is 24.3 Å². The Kier molecular flexibility index (Phi) is 8.62. The zero-order valence-electron chi connectivity index (χ0n) is 19.6. The molecule has 1 heterocycles. The summed E-state index contributed by atoms with van der Waals surface area (Å²) < 4.78 is 26.2. The smallest absolute Gasteiger partial charge is 0.271 e. The number of non-ortho nitro benzene ring substituents is 1. The highest BCUT2D eigenvalue weighted by Gasteiger charge is 2.32. The van der Waals surface area contributed by atoms with Crippen LogP contribution in [0.3, 0.4) is 0 Å². The first-order valence-corrected chi connectivity index (χ1v) is 13.4. The molecular weight excluding hydrogens is 456 g/mol. The van der Waals surface area contributed by atoms with Crippen LogP contribution >= 0.6 is 0 Å². The van der Waals surface area contributed by atoms with E-state index in [0.29, 0.717) is 0 Å². The first-order valence-electron chi connectivity index (χ1n) is 11.5. The molecule has 2 aromatic carbocycles. The zero-order chi connectivity index (χ0) is 24.7. The van der Waals surface area contributed by atoms with Crippen molar-refractivity contribution >= 4 is 27.3 Å². The number of nitro benzene ring substituents is 1. The molecule has 2 aromatic rings. The van der Waals surface area contributed by atoms with Crippen LogP contribution in [0.25, 0.3) is 0 Å². The Labute approximate surface area is 201 Å². The molecule has 1 fully saturated rings. The Morgan fingerprint density at radius 3 is 2.41 bits per heavy atom. The molecule has 10 heteroatoms. The van der Waals surface area contributed by atoms with Gasteiger partial charge in [-0.15, -0.1) is 0 Å². The van der Waals surface area contributed by atoms with Crippen LogP contribution in [0.2, 0.25) is 0 Å². The van der Waals surface area contributed by atoms with Gasteiger partial charge < -0.3 is 5.32 Å². The van der Waals surface area contributed by atoms with Crippen LogP contribution in [0.1, 0.15) is 43.7 Å². The topological polar surface area (TPSA) is 113 Å². The second-order valence-corrected chi connectivity index (χ2v) is 10.4. The van der Waals surface area contributed by atoms with Gasteiger partial charge in [0.25, 0.3) is 5.69 Å². The fourth-order valence-corrected chi connectivity index (χ4v) is 5.55. The number of amides is 1. The molecule has 184 valence electrons. The van der Waals surface area contributed by atoms with E-state index in [9.17, 15) is 23.3 Å². The highest BCUT2D eigenvalue weighted by molar-refractivity contribution is 7.92. The van der Waals surface area contributed by atoms with Gasteiger partial charge in [0.15, 0.2) is 0 Å². The molecule has 1 atom stereocenters. The maximum atomic E-state index is 13.2. The Morgan fingerprint density at radius 2 is 1.79 bits per heavy atom. The zero-order valence-corrected chi connectivity index (χ0v) is 20.5. The number of carbonyl (C=O) groups is 1. The first-order chi connectivity index (χ1) is 16.2. The molecule has 1 N–H and O–H groups in total. The lowest BCUT2D eigenvalue weighted by Crippen LogP contribution is -2.49. The number of nitro groups is 1. The van der Waals surface area contributed by atoms with E-state index in [1.54, 1.807) is 6.92 Å². The molecule has 9 nitrogen and oxygen atoms in total. The maximum Gasteiger partial charge on any atom is 0.271 e. The molecule has 3 rings (SSSR count). The van der Waals surface area contributed by atoms with Crippen LogP contribution < -0.4 is 9.62 Å². The number of anilines is 1. The highest BCUT2D eigenvalue weighted by atomic mass is 32.2. The van der Waals surface area contributed by atoms with Gasteiger partial charge >= 0.3 is 0 Å². The Morgan fingerprint density at radius 1 is 1.12 bits per heavy atom. The van der Waals surface area contributed by atoms with E-state index >= 15 is 0 Å². The molecule has 34 heavy (non-hydrogen) atoms. The minimum Gasteiger partial charge on any atom is -0.350 e. The lowest BCUT2D eigenvalue weighted by Gasteiger charge is -2.30. The van der Waals surface area contributed by atoms with E-state index in [2.05, 4.69) is 16.3 Å². The van der Waals surface area contributed by atoms with Crippen molar-refractivity contribution in [1.82, 2.24) is 10.2 Å². The predicted octanol–water partition coefficient (Wildman–Crippen LogP) is 3.44. The van der Waals surface area contributed by atoms with Gasteiger partial charge in [0.05, 0.1) is 16.9 Å². The van der Waals surface area contributed by atoms with Crippen LogP contribution in [-0.4, -0.2) is 49.5 Å². The molecule has 1 saturated heterocycles. The third-order valence-electron chi connectivity index (χ3n) is 6.04.